The summed E-state index contributed by atoms with van der Waals surface area (Å²) in [6.45, 7) is 0.513. The number of rotatable bonds is 4. The number of nitrogens with zero attached hydrogens (tertiary/aromatic N) is 3. The van der Waals surface area contributed by atoms with Gasteiger partial charge >= 0.3 is 6.03 Å². The molecule has 1 fully saturated rings. The second-order valence-electron chi connectivity index (χ2n) is 7.92. The zero-order valence-electron chi connectivity index (χ0n) is 17.6. The quantitative estimate of drug-likeness (QED) is 0.794. The van der Waals surface area contributed by atoms with Gasteiger partial charge in [0.05, 0.1) is 5.92 Å². The van der Waals surface area contributed by atoms with E-state index in [1.54, 1.807) is 31.3 Å². The van der Waals surface area contributed by atoms with Crippen molar-refractivity contribution < 1.29 is 23.9 Å². The fourth-order valence-electron chi connectivity index (χ4n) is 4.34. The molecule has 2 atom stereocenters. The van der Waals surface area contributed by atoms with Gasteiger partial charge in [-0.25, -0.2) is 4.79 Å². The Kier molecular flexibility index (Phi) is 4.73. The highest BCUT2D eigenvalue weighted by Gasteiger charge is 2.50. The second kappa shape index (κ2) is 7.60. The fraction of sp³-hybridized carbons (Fsp3) is 0.261. The van der Waals surface area contributed by atoms with Crippen molar-refractivity contribution in [2.75, 3.05) is 26.2 Å². The second-order valence-corrected chi connectivity index (χ2v) is 7.92. The zero-order chi connectivity index (χ0) is 22.4. The van der Waals surface area contributed by atoms with Crippen LogP contribution < -0.4 is 14.8 Å². The van der Waals surface area contributed by atoms with E-state index in [4.69, 9.17) is 9.47 Å². The molecule has 3 aliphatic rings. The van der Waals surface area contributed by atoms with E-state index in [9.17, 15) is 14.4 Å². The van der Waals surface area contributed by atoms with Crippen LogP contribution in [-0.4, -0.2) is 59.6 Å². The number of nitrogens with one attached hydrogen (secondary N) is 1. The molecule has 1 saturated heterocycles. The lowest BCUT2D eigenvalue weighted by atomic mass is 10.0. The van der Waals surface area contributed by atoms with Gasteiger partial charge in [0.2, 0.25) is 12.7 Å². The molecule has 5 rings (SSSR count). The minimum Gasteiger partial charge on any atom is -0.454 e. The van der Waals surface area contributed by atoms with E-state index in [1.165, 1.54) is 11.9 Å². The lowest BCUT2D eigenvalue weighted by molar-refractivity contribution is -0.137. The molecule has 2 unspecified atom stereocenters. The standard InChI is InChI=1S/C23H22N4O5/c1-25-21-16(22(29)26(2)23(25)30)11-17(27(21)12-14-6-4-3-5-7-14)20(28)24-15-8-9-18-19(10-15)32-13-31-18/h3-11,16,21H,12-13H2,1-2H3,(H,24,28). The van der Waals surface area contributed by atoms with E-state index in [2.05, 4.69) is 5.32 Å². The maximum atomic E-state index is 13.3. The van der Waals surface area contributed by atoms with Crippen molar-refractivity contribution in [3.63, 3.8) is 0 Å². The first-order valence-electron chi connectivity index (χ1n) is 10.2. The van der Waals surface area contributed by atoms with Crippen molar-refractivity contribution in [2.45, 2.75) is 12.7 Å². The smallest absolute Gasteiger partial charge is 0.327 e. The van der Waals surface area contributed by atoms with Crippen molar-refractivity contribution in [1.82, 2.24) is 14.7 Å². The molecule has 2 aromatic carbocycles. The third-order valence-corrected chi connectivity index (χ3v) is 5.95. The monoisotopic (exact) mass is 434 g/mol. The highest BCUT2D eigenvalue weighted by molar-refractivity contribution is 6.06. The summed E-state index contributed by atoms with van der Waals surface area (Å²) in [6, 6.07) is 14.4. The molecule has 0 aromatic heterocycles. The summed E-state index contributed by atoms with van der Waals surface area (Å²) in [6.07, 6.45) is 1.07. The Hall–Kier alpha value is -4.01. The van der Waals surface area contributed by atoms with Crippen molar-refractivity contribution >= 4 is 23.5 Å². The van der Waals surface area contributed by atoms with Gasteiger partial charge in [-0.15, -0.1) is 0 Å². The van der Waals surface area contributed by atoms with Crippen LogP contribution in [0.3, 0.4) is 0 Å². The van der Waals surface area contributed by atoms with Crippen LogP contribution in [0.5, 0.6) is 11.5 Å². The average Bonchev–Trinajstić information content (AvgIpc) is 3.41. The number of hydrogen-bond donors (Lipinski definition) is 1. The predicted octanol–water partition coefficient (Wildman–Crippen LogP) is 2.22. The topological polar surface area (TPSA) is 91.4 Å². The number of urea groups is 1. The van der Waals surface area contributed by atoms with Gasteiger partial charge in [0.15, 0.2) is 11.5 Å². The molecule has 164 valence electrons. The van der Waals surface area contributed by atoms with Crippen LogP contribution in [0.2, 0.25) is 0 Å². The SMILES string of the molecule is CN1C(=O)C2C=C(C(=O)Nc3ccc4c(c3)OCO4)N(Cc3ccccc3)C2N(C)C1=O. The number of anilines is 1. The molecule has 0 radical (unpaired) electrons. The maximum absolute atomic E-state index is 13.3. The van der Waals surface area contributed by atoms with Gasteiger partial charge in [-0.05, 0) is 23.8 Å². The third-order valence-electron chi connectivity index (χ3n) is 5.95. The number of fused-ring (bicyclic) bond motifs is 2. The fourth-order valence-corrected chi connectivity index (χ4v) is 4.34. The van der Waals surface area contributed by atoms with E-state index in [1.807, 2.05) is 35.2 Å². The largest absolute Gasteiger partial charge is 0.454 e. The summed E-state index contributed by atoms with van der Waals surface area (Å²) < 4.78 is 10.7. The van der Waals surface area contributed by atoms with Crippen LogP contribution in [0, 0.1) is 5.92 Å². The van der Waals surface area contributed by atoms with Crippen LogP contribution >= 0.6 is 0 Å². The molecule has 32 heavy (non-hydrogen) atoms. The summed E-state index contributed by atoms with van der Waals surface area (Å²) >= 11 is 0. The number of ether oxygens (including phenoxy) is 2. The Morgan fingerprint density at radius 2 is 1.81 bits per heavy atom. The molecule has 2 aromatic rings. The van der Waals surface area contributed by atoms with E-state index < -0.39 is 18.1 Å². The van der Waals surface area contributed by atoms with Gasteiger partial charge in [0.25, 0.3) is 5.91 Å². The molecule has 0 bridgehead atoms. The zero-order valence-corrected chi connectivity index (χ0v) is 17.6. The molecule has 9 heteroatoms. The lowest BCUT2D eigenvalue weighted by Crippen LogP contribution is -2.61. The van der Waals surface area contributed by atoms with E-state index in [0.29, 0.717) is 29.4 Å². The average molecular weight is 434 g/mol. The van der Waals surface area contributed by atoms with E-state index in [-0.39, 0.29) is 18.6 Å². The van der Waals surface area contributed by atoms with Gasteiger partial charge < -0.3 is 24.6 Å². The molecule has 0 spiro atoms. The number of amides is 4. The Morgan fingerprint density at radius 3 is 2.59 bits per heavy atom. The molecule has 3 heterocycles. The summed E-state index contributed by atoms with van der Waals surface area (Å²) in [7, 11) is 3.10. The van der Waals surface area contributed by atoms with Crippen LogP contribution in [0.15, 0.2) is 60.3 Å². The minimum atomic E-state index is -0.635. The number of carbonyl (C=O) groups is 3. The summed E-state index contributed by atoms with van der Waals surface area (Å²) in [5, 5.41) is 2.88. The Morgan fingerprint density at radius 1 is 1.06 bits per heavy atom. The van der Waals surface area contributed by atoms with Gasteiger partial charge in [0.1, 0.15) is 11.9 Å². The molecule has 9 nitrogen and oxygen atoms in total. The third kappa shape index (κ3) is 3.22. The van der Waals surface area contributed by atoms with Crippen LogP contribution in [0.4, 0.5) is 10.5 Å². The highest BCUT2D eigenvalue weighted by atomic mass is 16.7. The number of imide groups is 1. The minimum absolute atomic E-state index is 0.141. The summed E-state index contributed by atoms with van der Waals surface area (Å²) in [5.74, 6) is -0.162. The normalized spacial score (nSPS) is 21.6. The van der Waals surface area contributed by atoms with Crippen molar-refractivity contribution in [1.29, 1.82) is 0 Å². The molecular weight excluding hydrogens is 412 g/mol. The molecule has 4 amide bonds. The molecule has 1 N–H and O–H groups in total. The number of hydrogen-bond acceptors (Lipinski definition) is 6. The van der Waals surface area contributed by atoms with E-state index in [0.717, 1.165) is 10.5 Å². The van der Waals surface area contributed by atoms with Crippen molar-refractivity contribution in [3.05, 3.63) is 65.9 Å². The molecular formula is C23H22N4O5. The number of benzene rings is 2. The van der Waals surface area contributed by atoms with Crippen molar-refractivity contribution in [2.24, 2.45) is 5.92 Å². The van der Waals surface area contributed by atoms with Gasteiger partial charge in [0, 0.05) is 32.4 Å². The first-order chi connectivity index (χ1) is 15.4. The van der Waals surface area contributed by atoms with Gasteiger partial charge in [-0.3, -0.25) is 14.5 Å². The van der Waals surface area contributed by atoms with Crippen LogP contribution in [-0.2, 0) is 16.1 Å². The predicted molar refractivity (Wildman–Crippen MR) is 114 cm³/mol. The Bertz CT molecular complexity index is 1130. The Labute approximate surface area is 184 Å². The van der Waals surface area contributed by atoms with Crippen LogP contribution in [0.1, 0.15) is 5.56 Å². The maximum Gasteiger partial charge on any atom is 0.327 e. The molecule has 0 saturated carbocycles. The first kappa shape index (κ1) is 19.9. The van der Waals surface area contributed by atoms with E-state index >= 15 is 0 Å². The first-order valence-corrected chi connectivity index (χ1v) is 10.2. The lowest BCUT2D eigenvalue weighted by Gasteiger charge is -2.43. The van der Waals surface area contributed by atoms with Gasteiger partial charge in [-0.1, -0.05) is 30.3 Å². The summed E-state index contributed by atoms with van der Waals surface area (Å²) in [4.78, 5) is 43.2. The number of carbonyl (C=O) groups excluding carboxylic acids is 3. The Balaban J connectivity index is 1.47. The molecule has 3 aliphatic heterocycles. The summed E-state index contributed by atoms with van der Waals surface area (Å²) in [5.41, 5.74) is 1.84. The highest BCUT2D eigenvalue weighted by Crippen LogP contribution is 2.37. The van der Waals surface area contributed by atoms with Gasteiger partial charge in [-0.2, -0.15) is 0 Å². The van der Waals surface area contributed by atoms with Crippen molar-refractivity contribution in [3.8, 4) is 11.5 Å². The van der Waals surface area contributed by atoms with Crippen LogP contribution in [0.25, 0.3) is 0 Å². The molecule has 0 aliphatic carbocycles.